The maximum Gasteiger partial charge on any atom is 0.326 e. The van der Waals surface area contributed by atoms with Crippen LogP contribution in [0.25, 0.3) is 17.4 Å². The van der Waals surface area contributed by atoms with E-state index in [0.717, 1.165) is 10.5 Å². The highest BCUT2D eigenvalue weighted by Crippen LogP contribution is 2.34. The number of thioether (sulfide) groups is 1. The van der Waals surface area contributed by atoms with Gasteiger partial charge < -0.3 is 9.15 Å². The molecule has 1 aliphatic heterocycles. The van der Waals surface area contributed by atoms with Crippen LogP contribution < -0.4 is 0 Å². The van der Waals surface area contributed by atoms with Crippen molar-refractivity contribution in [2.24, 2.45) is 0 Å². The fourth-order valence-corrected chi connectivity index (χ4v) is 3.58. The van der Waals surface area contributed by atoms with Crippen LogP contribution in [0.3, 0.4) is 0 Å². The number of rotatable bonds is 6. The van der Waals surface area contributed by atoms with Gasteiger partial charge in [-0.1, -0.05) is 6.07 Å². The fraction of sp³-hybridized carbons (Fsp3) is 0.250. The van der Waals surface area contributed by atoms with Crippen molar-refractivity contribution < 1.29 is 28.5 Å². The molecule has 156 valence electrons. The van der Waals surface area contributed by atoms with E-state index >= 15 is 0 Å². The Labute approximate surface area is 175 Å². The lowest BCUT2D eigenvalue weighted by molar-refractivity contribution is -0.384. The summed E-state index contributed by atoms with van der Waals surface area (Å²) in [6.07, 6.45) is 1.04. The van der Waals surface area contributed by atoms with Gasteiger partial charge in [-0.25, -0.2) is 0 Å². The third-order valence-corrected chi connectivity index (χ3v) is 5.03. The molecule has 9 nitrogen and oxygen atoms in total. The summed E-state index contributed by atoms with van der Waals surface area (Å²) in [5, 5.41) is 10.4. The Bertz CT molecular complexity index is 1070. The van der Waals surface area contributed by atoms with E-state index in [1.165, 1.54) is 18.2 Å². The number of aryl methyl sites for hydroxylation is 1. The number of nitro benzene ring substituents is 1. The number of imide groups is 1. The molecule has 0 bridgehead atoms. The third-order valence-electron chi connectivity index (χ3n) is 4.13. The van der Waals surface area contributed by atoms with Crippen LogP contribution in [-0.4, -0.2) is 39.6 Å². The highest BCUT2D eigenvalue weighted by atomic mass is 32.2. The van der Waals surface area contributed by atoms with Gasteiger partial charge in [0.25, 0.3) is 16.8 Å². The lowest BCUT2D eigenvalue weighted by Crippen LogP contribution is -2.35. The molecule has 30 heavy (non-hydrogen) atoms. The van der Waals surface area contributed by atoms with Gasteiger partial charge in [-0.3, -0.25) is 29.4 Å². The molecule has 2 aromatic rings. The monoisotopic (exact) mass is 430 g/mol. The molecule has 0 aliphatic carbocycles. The molecule has 0 N–H and O–H groups in total. The number of carbonyl (C=O) groups excluding carboxylic acids is 3. The van der Waals surface area contributed by atoms with Crippen LogP contribution in [-0.2, 0) is 14.3 Å². The molecule has 0 radical (unpaired) electrons. The van der Waals surface area contributed by atoms with Gasteiger partial charge in [0.1, 0.15) is 18.1 Å². The van der Waals surface area contributed by atoms with E-state index in [9.17, 15) is 24.5 Å². The molecule has 2 amide bonds. The standard InChI is InChI=1S/C20H18N2O7S/c1-11(2)28-18(23)10-21-19(24)17(30-20(21)25)9-14-6-7-16(29-14)15-8-13(22(26)27)5-4-12(15)3/h4-9,11H,10H2,1-3H3/b17-9-. The lowest BCUT2D eigenvalue weighted by atomic mass is 10.1. The summed E-state index contributed by atoms with van der Waals surface area (Å²) >= 11 is 0.694. The van der Waals surface area contributed by atoms with E-state index in [-0.39, 0.29) is 16.7 Å². The van der Waals surface area contributed by atoms with Gasteiger partial charge in [0.15, 0.2) is 0 Å². The minimum absolute atomic E-state index is 0.0667. The molecule has 0 atom stereocenters. The number of nitro groups is 1. The molecule has 0 spiro atoms. The first-order valence-corrected chi connectivity index (χ1v) is 9.77. The maximum atomic E-state index is 12.5. The molecular weight excluding hydrogens is 412 g/mol. The zero-order valence-electron chi connectivity index (χ0n) is 16.4. The Balaban J connectivity index is 1.81. The van der Waals surface area contributed by atoms with Gasteiger partial charge in [-0.15, -0.1) is 0 Å². The lowest BCUT2D eigenvalue weighted by Gasteiger charge is -2.13. The first kappa shape index (κ1) is 21.3. The van der Waals surface area contributed by atoms with Gasteiger partial charge in [0, 0.05) is 23.8 Å². The van der Waals surface area contributed by atoms with Gasteiger partial charge >= 0.3 is 5.97 Å². The predicted octanol–water partition coefficient (Wildman–Crippen LogP) is 4.15. The Hall–Kier alpha value is -3.40. The molecule has 1 aromatic heterocycles. The second kappa shape index (κ2) is 8.54. The molecule has 3 rings (SSSR count). The number of ether oxygens (including phenoxy) is 1. The zero-order valence-corrected chi connectivity index (χ0v) is 17.2. The Morgan fingerprint density at radius 3 is 2.70 bits per heavy atom. The van der Waals surface area contributed by atoms with Gasteiger partial charge in [0.05, 0.1) is 15.9 Å². The Morgan fingerprint density at radius 2 is 2.03 bits per heavy atom. The van der Waals surface area contributed by atoms with E-state index in [4.69, 9.17) is 9.15 Å². The quantitative estimate of drug-likeness (QED) is 0.290. The van der Waals surface area contributed by atoms with Gasteiger partial charge in [0.2, 0.25) is 0 Å². The summed E-state index contributed by atoms with van der Waals surface area (Å²) < 4.78 is 10.7. The highest BCUT2D eigenvalue weighted by Gasteiger charge is 2.37. The number of furan rings is 1. The van der Waals surface area contributed by atoms with Crippen molar-refractivity contribution in [1.82, 2.24) is 4.90 Å². The molecule has 0 unspecified atom stereocenters. The SMILES string of the molecule is Cc1ccc([N+](=O)[O-])cc1-c1ccc(/C=C2\SC(=O)N(CC(=O)OC(C)C)C2=O)o1. The average Bonchev–Trinajstić information content (AvgIpc) is 3.22. The normalized spacial score (nSPS) is 15.3. The van der Waals surface area contributed by atoms with Crippen molar-refractivity contribution >= 4 is 40.6 Å². The van der Waals surface area contributed by atoms with Crippen molar-refractivity contribution in [3.05, 3.63) is 56.7 Å². The van der Waals surface area contributed by atoms with Crippen molar-refractivity contribution in [3.8, 4) is 11.3 Å². The first-order chi connectivity index (χ1) is 14.2. The second-order valence-electron chi connectivity index (χ2n) is 6.76. The molecule has 1 aromatic carbocycles. The zero-order chi connectivity index (χ0) is 22.0. The number of benzene rings is 1. The molecule has 2 heterocycles. The van der Waals surface area contributed by atoms with Crippen LogP contribution in [0.5, 0.6) is 0 Å². The van der Waals surface area contributed by atoms with Crippen molar-refractivity contribution in [1.29, 1.82) is 0 Å². The summed E-state index contributed by atoms with van der Waals surface area (Å²) in [4.78, 5) is 47.8. The molecular formula is C20H18N2O7S. The van der Waals surface area contributed by atoms with E-state index in [1.54, 1.807) is 39.0 Å². The second-order valence-corrected chi connectivity index (χ2v) is 7.76. The van der Waals surface area contributed by atoms with Crippen LogP contribution in [0.15, 0.2) is 39.7 Å². The van der Waals surface area contributed by atoms with Crippen molar-refractivity contribution in [3.63, 3.8) is 0 Å². The number of amides is 2. The summed E-state index contributed by atoms with van der Waals surface area (Å²) in [5.41, 5.74) is 1.27. The molecule has 0 saturated carbocycles. The average molecular weight is 430 g/mol. The number of carbonyl (C=O) groups is 3. The Kier molecular flexibility index (Phi) is 6.06. The summed E-state index contributed by atoms with van der Waals surface area (Å²) in [5.74, 6) is -0.599. The van der Waals surface area contributed by atoms with Crippen LogP contribution >= 0.6 is 11.8 Å². The van der Waals surface area contributed by atoms with Crippen LogP contribution in [0.4, 0.5) is 10.5 Å². The third kappa shape index (κ3) is 4.60. The fourth-order valence-electron chi connectivity index (χ4n) is 2.76. The van der Waals surface area contributed by atoms with Gasteiger partial charge in [-0.2, -0.15) is 0 Å². The maximum absolute atomic E-state index is 12.5. The van der Waals surface area contributed by atoms with E-state index in [0.29, 0.717) is 28.8 Å². The number of nitrogens with zero attached hydrogens (tertiary/aromatic N) is 2. The summed E-state index contributed by atoms with van der Waals surface area (Å²) in [7, 11) is 0. The number of non-ortho nitro benzene ring substituents is 1. The van der Waals surface area contributed by atoms with Gasteiger partial charge in [-0.05, 0) is 50.2 Å². The largest absolute Gasteiger partial charge is 0.462 e. The smallest absolute Gasteiger partial charge is 0.326 e. The topological polar surface area (TPSA) is 120 Å². The first-order valence-electron chi connectivity index (χ1n) is 8.96. The Morgan fingerprint density at radius 1 is 1.30 bits per heavy atom. The van der Waals surface area contributed by atoms with Crippen LogP contribution in [0.2, 0.25) is 0 Å². The minimum atomic E-state index is -0.671. The molecule has 10 heteroatoms. The molecule has 1 aliphatic rings. The van der Waals surface area contributed by atoms with E-state index in [2.05, 4.69) is 0 Å². The van der Waals surface area contributed by atoms with E-state index < -0.39 is 28.6 Å². The highest BCUT2D eigenvalue weighted by molar-refractivity contribution is 8.18. The predicted molar refractivity (Wildman–Crippen MR) is 109 cm³/mol. The van der Waals surface area contributed by atoms with E-state index in [1.807, 2.05) is 0 Å². The molecule has 1 saturated heterocycles. The van der Waals surface area contributed by atoms with Crippen molar-refractivity contribution in [2.75, 3.05) is 6.54 Å². The summed E-state index contributed by atoms with van der Waals surface area (Å²) in [6, 6.07) is 7.66. The minimum Gasteiger partial charge on any atom is -0.462 e. The molecule has 1 fully saturated rings. The number of hydrogen-bond donors (Lipinski definition) is 0. The number of hydrogen-bond acceptors (Lipinski definition) is 8. The van der Waals surface area contributed by atoms with Crippen LogP contribution in [0, 0.1) is 17.0 Å². The number of esters is 1. The van der Waals surface area contributed by atoms with Crippen molar-refractivity contribution in [2.45, 2.75) is 26.9 Å². The summed E-state index contributed by atoms with van der Waals surface area (Å²) in [6.45, 7) is 4.67. The van der Waals surface area contributed by atoms with Crippen LogP contribution in [0.1, 0.15) is 25.2 Å².